The van der Waals surface area contributed by atoms with Crippen molar-refractivity contribution in [3.63, 3.8) is 0 Å². The average Bonchev–Trinajstić information content (AvgIpc) is 2.66. The Labute approximate surface area is 117 Å². The highest BCUT2D eigenvalue weighted by Gasteiger charge is 2.06. The van der Waals surface area contributed by atoms with Gasteiger partial charge in [0.25, 0.3) is 0 Å². The fourth-order valence-electron chi connectivity index (χ4n) is 2.13. The van der Waals surface area contributed by atoms with E-state index in [4.69, 9.17) is 23.8 Å². The van der Waals surface area contributed by atoms with Crippen molar-refractivity contribution in [2.24, 2.45) is 0 Å². The molecule has 0 aliphatic carbocycles. The summed E-state index contributed by atoms with van der Waals surface area (Å²) in [6.45, 7) is 8.37. The Bertz CT molecular complexity index is 583. The minimum absolute atomic E-state index is 0.744. The van der Waals surface area contributed by atoms with Crippen molar-refractivity contribution < 1.29 is 0 Å². The number of H-pyrrole nitrogens is 1. The van der Waals surface area contributed by atoms with Crippen LogP contribution in [0.25, 0.3) is 11.0 Å². The summed E-state index contributed by atoms with van der Waals surface area (Å²) < 4.78 is 2.88. The lowest BCUT2D eigenvalue weighted by molar-refractivity contribution is 0.291. The smallest absolute Gasteiger partial charge is 0.178 e. The molecule has 0 atom stereocenters. The van der Waals surface area contributed by atoms with E-state index >= 15 is 0 Å². The highest BCUT2D eigenvalue weighted by atomic mass is 35.5. The summed E-state index contributed by atoms with van der Waals surface area (Å²) >= 11 is 11.4. The molecule has 0 aliphatic heterocycles. The van der Waals surface area contributed by atoms with Crippen molar-refractivity contribution in [2.75, 3.05) is 19.6 Å². The van der Waals surface area contributed by atoms with Gasteiger partial charge in [-0.15, -0.1) is 0 Å². The summed E-state index contributed by atoms with van der Waals surface area (Å²) in [4.78, 5) is 5.59. The number of likely N-dealkylation sites (N-methyl/N-ethyl adjacent to an activating group) is 1. The zero-order valence-electron chi connectivity index (χ0n) is 10.7. The molecule has 1 N–H and O–H groups in total. The summed E-state index contributed by atoms with van der Waals surface area (Å²) in [5.74, 6) is 0. The van der Waals surface area contributed by atoms with Crippen LogP contribution >= 0.6 is 23.8 Å². The quantitative estimate of drug-likeness (QED) is 0.846. The van der Waals surface area contributed by atoms with Gasteiger partial charge in [0.05, 0.1) is 11.0 Å². The number of halogens is 1. The molecule has 2 aromatic rings. The van der Waals surface area contributed by atoms with Crippen LogP contribution in [-0.4, -0.2) is 34.1 Å². The molecule has 0 spiro atoms. The van der Waals surface area contributed by atoms with E-state index in [0.29, 0.717) is 0 Å². The number of hydrogen-bond donors (Lipinski definition) is 1. The van der Waals surface area contributed by atoms with Crippen LogP contribution in [0.4, 0.5) is 0 Å². The van der Waals surface area contributed by atoms with Crippen LogP contribution in [0.15, 0.2) is 18.2 Å². The van der Waals surface area contributed by atoms with Gasteiger partial charge in [-0.1, -0.05) is 25.4 Å². The topological polar surface area (TPSA) is 24.0 Å². The number of fused-ring (bicyclic) bond motifs is 1. The van der Waals surface area contributed by atoms with Crippen LogP contribution in [-0.2, 0) is 6.54 Å². The third kappa shape index (κ3) is 2.76. The molecule has 1 aromatic heterocycles. The van der Waals surface area contributed by atoms with E-state index in [-0.39, 0.29) is 0 Å². The zero-order chi connectivity index (χ0) is 13.1. The maximum Gasteiger partial charge on any atom is 0.178 e. The number of benzene rings is 1. The molecule has 0 radical (unpaired) electrons. The SMILES string of the molecule is CCN(CC)CCn1c(=S)[nH]c2ccc(Cl)cc21. The van der Waals surface area contributed by atoms with Gasteiger partial charge in [0.15, 0.2) is 4.77 Å². The van der Waals surface area contributed by atoms with Crippen LogP contribution < -0.4 is 0 Å². The molecule has 0 fully saturated rings. The molecule has 18 heavy (non-hydrogen) atoms. The van der Waals surface area contributed by atoms with Gasteiger partial charge in [0, 0.05) is 18.1 Å². The lowest BCUT2D eigenvalue weighted by Crippen LogP contribution is -2.27. The Balaban J connectivity index is 2.29. The monoisotopic (exact) mass is 283 g/mol. The Kier molecular flexibility index (Phi) is 4.43. The number of rotatable bonds is 5. The first-order chi connectivity index (χ1) is 8.65. The highest BCUT2D eigenvalue weighted by Crippen LogP contribution is 2.19. The molecule has 1 heterocycles. The van der Waals surface area contributed by atoms with E-state index in [0.717, 1.165) is 47.0 Å². The summed E-state index contributed by atoms with van der Waals surface area (Å²) in [7, 11) is 0. The summed E-state index contributed by atoms with van der Waals surface area (Å²) in [6.07, 6.45) is 0. The van der Waals surface area contributed by atoms with Gasteiger partial charge in [-0.2, -0.15) is 0 Å². The maximum atomic E-state index is 6.05. The molecule has 1 aromatic carbocycles. The second-order valence-electron chi connectivity index (χ2n) is 4.27. The molecule has 5 heteroatoms. The number of nitrogens with one attached hydrogen (secondary N) is 1. The number of hydrogen-bond acceptors (Lipinski definition) is 2. The van der Waals surface area contributed by atoms with Gasteiger partial charge in [-0.3, -0.25) is 0 Å². The predicted octanol–water partition coefficient (Wildman–Crippen LogP) is 3.69. The van der Waals surface area contributed by atoms with Gasteiger partial charge < -0.3 is 14.5 Å². The fourth-order valence-corrected chi connectivity index (χ4v) is 2.60. The van der Waals surface area contributed by atoms with E-state index in [2.05, 4.69) is 28.3 Å². The predicted molar refractivity (Wildman–Crippen MR) is 79.9 cm³/mol. The second kappa shape index (κ2) is 5.87. The lowest BCUT2D eigenvalue weighted by Gasteiger charge is -2.18. The summed E-state index contributed by atoms with van der Waals surface area (Å²) in [6, 6.07) is 5.82. The second-order valence-corrected chi connectivity index (χ2v) is 5.09. The largest absolute Gasteiger partial charge is 0.331 e. The number of aromatic amines is 1. The average molecular weight is 284 g/mol. The van der Waals surface area contributed by atoms with E-state index in [1.165, 1.54) is 0 Å². The molecule has 0 unspecified atom stereocenters. The maximum absolute atomic E-state index is 6.05. The minimum Gasteiger partial charge on any atom is -0.331 e. The van der Waals surface area contributed by atoms with Crippen molar-refractivity contribution in [3.8, 4) is 0 Å². The van der Waals surface area contributed by atoms with Gasteiger partial charge in [-0.25, -0.2) is 0 Å². The van der Waals surface area contributed by atoms with E-state index < -0.39 is 0 Å². The van der Waals surface area contributed by atoms with Crippen LogP contribution in [0.2, 0.25) is 5.02 Å². The normalized spacial score (nSPS) is 11.6. The fraction of sp³-hybridized carbons (Fsp3) is 0.462. The van der Waals surface area contributed by atoms with Gasteiger partial charge in [0.2, 0.25) is 0 Å². The summed E-state index contributed by atoms with van der Waals surface area (Å²) in [5.41, 5.74) is 2.13. The molecule has 0 amide bonds. The number of imidazole rings is 1. The van der Waals surface area contributed by atoms with Gasteiger partial charge in [-0.05, 0) is 43.5 Å². The van der Waals surface area contributed by atoms with E-state index in [1.807, 2.05) is 18.2 Å². The Hall–Kier alpha value is -0.840. The first kappa shape index (κ1) is 13.6. The van der Waals surface area contributed by atoms with Crippen LogP contribution in [0.5, 0.6) is 0 Å². The van der Waals surface area contributed by atoms with Crippen molar-refractivity contribution in [3.05, 3.63) is 28.0 Å². The molecular weight excluding hydrogens is 266 g/mol. The van der Waals surface area contributed by atoms with Crippen LogP contribution in [0.1, 0.15) is 13.8 Å². The van der Waals surface area contributed by atoms with Crippen LogP contribution in [0, 0.1) is 4.77 Å². The molecular formula is C13H18ClN3S. The molecule has 0 saturated carbocycles. The highest BCUT2D eigenvalue weighted by molar-refractivity contribution is 7.71. The van der Waals surface area contributed by atoms with Gasteiger partial charge in [0.1, 0.15) is 0 Å². The van der Waals surface area contributed by atoms with Crippen molar-refractivity contribution in [2.45, 2.75) is 20.4 Å². The molecule has 3 nitrogen and oxygen atoms in total. The number of aromatic nitrogens is 2. The Morgan fingerprint density at radius 2 is 2.06 bits per heavy atom. The van der Waals surface area contributed by atoms with Crippen molar-refractivity contribution in [1.29, 1.82) is 0 Å². The third-order valence-electron chi connectivity index (χ3n) is 3.27. The minimum atomic E-state index is 0.744. The molecule has 2 rings (SSSR count). The van der Waals surface area contributed by atoms with Crippen LogP contribution in [0.3, 0.4) is 0 Å². The van der Waals surface area contributed by atoms with Gasteiger partial charge >= 0.3 is 0 Å². The molecule has 0 bridgehead atoms. The van der Waals surface area contributed by atoms with Crippen molar-refractivity contribution >= 4 is 34.9 Å². The lowest BCUT2D eigenvalue weighted by atomic mass is 10.3. The molecule has 0 aliphatic rings. The zero-order valence-corrected chi connectivity index (χ0v) is 12.3. The third-order valence-corrected chi connectivity index (χ3v) is 3.83. The first-order valence-corrected chi connectivity index (χ1v) is 7.04. The standard InChI is InChI=1S/C13H18ClN3S/c1-3-16(4-2)7-8-17-12-9-10(14)5-6-11(12)15-13(17)18/h5-6,9H,3-4,7-8H2,1-2H3,(H,15,18). The van der Waals surface area contributed by atoms with Crippen molar-refractivity contribution in [1.82, 2.24) is 14.5 Å². The van der Waals surface area contributed by atoms with E-state index in [9.17, 15) is 0 Å². The van der Waals surface area contributed by atoms with E-state index in [1.54, 1.807) is 0 Å². The Morgan fingerprint density at radius 1 is 1.33 bits per heavy atom. The first-order valence-electron chi connectivity index (χ1n) is 6.26. The molecule has 98 valence electrons. The Morgan fingerprint density at radius 3 is 2.72 bits per heavy atom. The molecule has 0 saturated heterocycles. The number of nitrogens with zero attached hydrogens (tertiary/aromatic N) is 2. The summed E-state index contributed by atoms with van der Waals surface area (Å²) in [5, 5.41) is 0.744.